The lowest BCUT2D eigenvalue weighted by Crippen LogP contribution is -2.34. The van der Waals surface area contributed by atoms with Gasteiger partial charge in [0.2, 0.25) is 0 Å². The number of rotatable bonds is 3. The van der Waals surface area contributed by atoms with Crippen molar-refractivity contribution in [2.45, 2.75) is 44.9 Å². The number of hydrogen-bond acceptors (Lipinski definition) is 2. The minimum absolute atomic E-state index is 0.0404. The summed E-state index contributed by atoms with van der Waals surface area (Å²) in [4.78, 5) is 12.2. The highest BCUT2D eigenvalue weighted by molar-refractivity contribution is 5.83. The van der Waals surface area contributed by atoms with E-state index in [1.165, 1.54) is 5.56 Å². The Kier molecular flexibility index (Phi) is 3.51. The molecule has 0 N–H and O–H groups in total. The first kappa shape index (κ1) is 12.2. The molecular formula is C15H20O2. The highest BCUT2D eigenvalue weighted by Crippen LogP contribution is 2.42. The fourth-order valence-corrected chi connectivity index (χ4v) is 2.73. The molecule has 2 rings (SSSR count). The maximum atomic E-state index is 12.2. The molecule has 0 aliphatic heterocycles. The summed E-state index contributed by atoms with van der Waals surface area (Å²) in [6.45, 7) is 4.40. The smallest absolute Gasteiger partial charge is 0.316 e. The second-order valence-corrected chi connectivity index (χ2v) is 4.88. The van der Waals surface area contributed by atoms with Crippen LogP contribution in [-0.4, -0.2) is 12.6 Å². The van der Waals surface area contributed by atoms with E-state index < -0.39 is 0 Å². The minimum atomic E-state index is -0.371. The van der Waals surface area contributed by atoms with Gasteiger partial charge in [-0.3, -0.25) is 4.79 Å². The van der Waals surface area contributed by atoms with Crippen LogP contribution < -0.4 is 0 Å². The van der Waals surface area contributed by atoms with Crippen molar-refractivity contribution in [2.24, 2.45) is 0 Å². The quantitative estimate of drug-likeness (QED) is 0.747. The van der Waals surface area contributed by atoms with E-state index in [4.69, 9.17) is 4.74 Å². The topological polar surface area (TPSA) is 26.3 Å². The van der Waals surface area contributed by atoms with Gasteiger partial charge in [0.05, 0.1) is 12.0 Å². The summed E-state index contributed by atoms with van der Waals surface area (Å²) in [7, 11) is 0. The number of hydrogen-bond donors (Lipinski definition) is 0. The number of ether oxygens (including phenoxy) is 1. The van der Waals surface area contributed by atoms with Crippen molar-refractivity contribution < 1.29 is 9.53 Å². The Morgan fingerprint density at radius 2 is 1.82 bits per heavy atom. The third kappa shape index (κ3) is 2.21. The molecule has 0 aromatic heterocycles. The molecule has 1 aliphatic rings. The molecule has 0 bridgehead atoms. The molecule has 0 radical (unpaired) electrons. The van der Waals surface area contributed by atoms with Crippen molar-refractivity contribution in [3.63, 3.8) is 0 Å². The van der Waals surface area contributed by atoms with Gasteiger partial charge in [-0.2, -0.15) is 0 Å². The first-order valence-corrected chi connectivity index (χ1v) is 6.43. The summed E-state index contributed by atoms with van der Waals surface area (Å²) in [6.07, 6.45) is 4.09. The lowest BCUT2D eigenvalue weighted by atomic mass is 9.78. The van der Waals surface area contributed by atoms with Crippen molar-refractivity contribution in [1.29, 1.82) is 0 Å². The molecule has 92 valence electrons. The van der Waals surface area contributed by atoms with Gasteiger partial charge in [0.1, 0.15) is 0 Å². The highest BCUT2D eigenvalue weighted by atomic mass is 16.5. The van der Waals surface area contributed by atoms with Crippen LogP contribution in [0, 0.1) is 6.92 Å². The van der Waals surface area contributed by atoms with Gasteiger partial charge in [-0.1, -0.05) is 42.7 Å². The first-order chi connectivity index (χ1) is 8.19. The second kappa shape index (κ2) is 4.91. The van der Waals surface area contributed by atoms with Gasteiger partial charge in [0, 0.05) is 0 Å². The Labute approximate surface area is 103 Å². The van der Waals surface area contributed by atoms with Crippen molar-refractivity contribution in [3.05, 3.63) is 35.4 Å². The molecule has 1 aromatic carbocycles. The molecule has 0 spiro atoms. The molecule has 2 heteroatoms. The lowest BCUT2D eigenvalue weighted by Gasteiger charge is -2.27. The number of carbonyl (C=O) groups excluding carboxylic acids is 1. The Morgan fingerprint density at radius 1 is 1.24 bits per heavy atom. The largest absolute Gasteiger partial charge is 0.465 e. The van der Waals surface area contributed by atoms with Crippen molar-refractivity contribution in [3.8, 4) is 0 Å². The van der Waals surface area contributed by atoms with Crippen LogP contribution in [0.2, 0.25) is 0 Å². The third-order valence-corrected chi connectivity index (χ3v) is 3.73. The molecule has 0 unspecified atom stereocenters. The van der Waals surface area contributed by atoms with Crippen LogP contribution >= 0.6 is 0 Å². The zero-order valence-electron chi connectivity index (χ0n) is 10.7. The molecule has 1 aliphatic carbocycles. The van der Waals surface area contributed by atoms with Gasteiger partial charge in [-0.25, -0.2) is 0 Å². The molecule has 1 fully saturated rings. The van der Waals surface area contributed by atoms with E-state index in [1.54, 1.807) is 0 Å². The van der Waals surface area contributed by atoms with Crippen LogP contribution in [0.25, 0.3) is 0 Å². The molecular weight excluding hydrogens is 212 g/mol. The van der Waals surface area contributed by atoms with Gasteiger partial charge in [0.15, 0.2) is 0 Å². The van der Waals surface area contributed by atoms with Crippen LogP contribution in [0.3, 0.4) is 0 Å². The van der Waals surface area contributed by atoms with E-state index in [0.29, 0.717) is 6.61 Å². The number of esters is 1. The molecule has 0 heterocycles. The van der Waals surface area contributed by atoms with E-state index in [1.807, 2.05) is 6.92 Å². The van der Waals surface area contributed by atoms with Crippen LogP contribution in [0.15, 0.2) is 24.3 Å². The lowest BCUT2D eigenvalue weighted by molar-refractivity contribution is -0.150. The molecule has 0 amide bonds. The summed E-state index contributed by atoms with van der Waals surface area (Å²) in [5.41, 5.74) is 1.98. The SMILES string of the molecule is CCOC(=O)C1(c2ccc(C)cc2)CCCC1. The van der Waals surface area contributed by atoms with Gasteiger partial charge in [-0.15, -0.1) is 0 Å². The average Bonchev–Trinajstić information content (AvgIpc) is 2.81. The van der Waals surface area contributed by atoms with E-state index in [0.717, 1.165) is 31.2 Å². The zero-order valence-corrected chi connectivity index (χ0v) is 10.7. The molecule has 17 heavy (non-hydrogen) atoms. The predicted octanol–water partition coefficient (Wildman–Crippen LogP) is 3.37. The molecule has 0 saturated heterocycles. The Bertz CT molecular complexity index is 386. The standard InChI is InChI=1S/C15H20O2/c1-3-17-14(16)15(10-4-5-11-15)13-8-6-12(2)7-9-13/h6-9H,3-5,10-11H2,1-2H3. The maximum absolute atomic E-state index is 12.2. The Morgan fingerprint density at radius 3 is 2.35 bits per heavy atom. The third-order valence-electron chi connectivity index (χ3n) is 3.73. The Hall–Kier alpha value is -1.31. The van der Waals surface area contributed by atoms with E-state index in [-0.39, 0.29) is 11.4 Å². The molecule has 2 nitrogen and oxygen atoms in total. The number of carbonyl (C=O) groups is 1. The van der Waals surface area contributed by atoms with Gasteiger partial charge in [0.25, 0.3) is 0 Å². The summed E-state index contributed by atoms with van der Waals surface area (Å²) >= 11 is 0. The summed E-state index contributed by atoms with van der Waals surface area (Å²) in [5.74, 6) is -0.0404. The van der Waals surface area contributed by atoms with Crippen LogP contribution in [-0.2, 0) is 14.9 Å². The summed E-state index contributed by atoms with van der Waals surface area (Å²) in [5, 5.41) is 0. The molecule has 0 atom stereocenters. The molecule has 1 aromatic rings. The van der Waals surface area contributed by atoms with E-state index >= 15 is 0 Å². The average molecular weight is 232 g/mol. The van der Waals surface area contributed by atoms with Gasteiger partial charge < -0.3 is 4.74 Å². The van der Waals surface area contributed by atoms with Crippen molar-refractivity contribution in [2.75, 3.05) is 6.61 Å². The number of aryl methyl sites for hydroxylation is 1. The number of benzene rings is 1. The normalized spacial score (nSPS) is 18.0. The monoisotopic (exact) mass is 232 g/mol. The van der Waals surface area contributed by atoms with Crippen molar-refractivity contribution in [1.82, 2.24) is 0 Å². The van der Waals surface area contributed by atoms with Crippen molar-refractivity contribution >= 4 is 5.97 Å². The van der Waals surface area contributed by atoms with E-state index in [2.05, 4.69) is 31.2 Å². The minimum Gasteiger partial charge on any atom is -0.465 e. The fourth-order valence-electron chi connectivity index (χ4n) is 2.73. The van der Waals surface area contributed by atoms with Gasteiger partial charge in [-0.05, 0) is 32.3 Å². The van der Waals surface area contributed by atoms with Crippen LogP contribution in [0.1, 0.15) is 43.7 Å². The Balaban J connectivity index is 2.34. The predicted molar refractivity (Wildman–Crippen MR) is 68.0 cm³/mol. The highest BCUT2D eigenvalue weighted by Gasteiger charge is 2.43. The van der Waals surface area contributed by atoms with Crippen LogP contribution in [0.5, 0.6) is 0 Å². The summed E-state index contributed by atoms with van der Waals surface area (Å²) in [6, 6.07) is 8.32. The second-order valence-electron chi connectivity index (χ2n) is 4.88. The van der Waals surface area contributed by atoms with E-state index in [9.17, 15) is 4.79 Å². The zero-order chi connectivity index (χ0) is 12.3. The van der Waals surface area contributed by atoms with Crippen LogP contribution in [0.4, 0.5) is 0 Å². The fraction of sp³-hybridized carbons (Fsp3) is 0.533. The first-order valence-electron chi connectivity index (χ1n) is 6.43. The van der Waals surface area contributed by atoms with Gasteiger partial charge >= 0.3 is 5.97 Å². The summed E-state index contributed by atoms with van der Waals surface area (Å²) < 4.78 is 5.27. The maximum Gasteiger partial charge on any atom is 0.316 e. The molecule has 1 saturated carbocycles.